The van der Waals surface area contributed by atoms with Crippen molar-refractivity contribution in [2.45, 2.75) is 39.2 Å². The molecule has 1 saturated heterocycles. The fourth-order valence-corrected chi connectivity index (χ4v) is 3.49. The molecule has 0 spiro atoms. The molecule has 2 amide bonds. The minimum absolute atomic E-state index is 0. The normalized spacial score (nSPS) is 14.3. The Labute approximate surface area is 183 Å². The van der Waals surface area contributed by atoms with E-state index in [1.54, 1.807) is 35.8 Å². The van der Waals surface area contributed by atoms with Gasteiger partial charge < -0.3 is 10.2 Å². The van der Waals surface area contributed by atoms with Crippen LogP contribution in [0.25, 0.3) is 0 Å². The number of nitrogens with one attached hydrogen (secondary N) is 2. The van der Waals surface area contributed by atoms with E-state index in [0.29, 0.717) is 24.0 Å². The molecule has 164 valence electrons. The predicted octanol–water partition coefficient (Wildman–Crippen LogP) is 2.57. The SMILES string of the molecule is CC(C)C(=O)N(C)Cc1ccc(C(=O)Nc2nc(C3CCNCC3)nn2C)cc1.Cl. The van der Waals surface area contributed by atoms with E-state index in [4.69, 9.17) is 0 Å². The number of hydrogen-bond donors (Lipinski definition) is 2. The van der Waals surface area contributed by atoms with Crippen LogP contribution in [0.1, 0.15) is 54.4 Å². The van der Waals surface area contributed by atoms with E-state index in [0.717, 1.165) is 37.3 Å². The topological polar surface area (TPSA) is 92.2 Å². The highest BCUT2D eigenvalue weighted by molar-refractivity contribution is 6.03. The fraction of sp³-hybridized carbons (Fsp3) is 0.524. The Balaban J connectivity index is 0.00000320. The van der Waals surface area contributed by atoms with Crippen molar-refractivity contribution in [2.75, 3.05) is 25.5 Å². The van der Waals surface area contributed by atoms with Crippen molar-refractivity contribution in [2.24, 2.45) is 13.0 Å². The van der Waals surface area contributed by atoms with Crippen LogP contribution >= 0.6 is 12.4 Å². The predicted molar refractivity (Wildman–Crippen MR) is 119 cm³/mol. The van der Waals surface area contributed by atoms with Crippen LogP contribution in [0.3, 0.4) is 0 Å². The first-order chi connectivity index (χ1) is 13.8. The van der Waals surface area contributed by atoms with Crippen molar-refractivity contribution < 1.29 is 9.59 Å². The zero-order valence-electron chi connectivity index (χ0n) is 18.0. The van der Waals surface area contributed by atoms with Gasteiger partial charge in [-0.3, -0.25) is 14.9 Å². The lowest BCUT2D eigenvalue weighted by atomic mass is 9.98. The third-order valence-electron chi connectivity index (χ3n) is 5.22. The molecule has 1 fully saturated rings. The lowest BCUT2D eigenvalue weighted by Crippen LogP contribution is -2.29. The summed E-state index contributed by atoms with van der Waals surface area (Å²) in [5, 5.41) is 10.7. The Morgan fingerprint density at radius 3 is 2.47 bits per heavy atom. The van der Waals surface area contributed by atoms with Crippen LogP contribution in [0.5, 0.6) is 0 Å². The number of anilines is 1. The molecule has 0 atom stereocenters. The van der Waals surface area contributed by atoms with Crippen LogP contribution in [0, 0.1) is 5.92 Å². The number of aromatic nitrogens is 3. The van der Waals surface area contributed by atoms with Crippen molar-refractivity contribution in [3.8, 4) is 0 Å². The lowest BCUT2D eigenvalue weighted by molar-refractivity contribution is -0.133. The molecular formula is C21H31ClN6O2. The Hall–Kier alpha value is -2.45. The van der Waals surface area contributed by atoms with Gasteiger partial charge in [-0.1, -0.05) is 26.0 Å². The molecule has 0 aliphatic carbocycles. The highest BCUT2D eigenvalue weighted by Gasteiger charge is 2.21. The van der Waals surface area contributed by atoms with Gasteiger partial charge in [0.05, 0.1) is 0 Å². The highest BCUT2D eigenvalue weighted by Crippen LogP contribution is 2.23. The molecule has 2 N–H and O–H groups in total. The number of nitrogens with zero attached hydrogens (tertiary/aromatic N) is 4. The Kier molecular flexibility index (Phi) is 8.37. The Morgan fingerprint density at radius 1 is 1.23 bits per heavy atom. The molecule has 3 rings (SSSR count). The van der Waals surface area contributed by atoms with Gasteiger partial charge in [-0.15, -0.1) is 12.4 Å². The van der Waals surface area contributed by atoms with E-state index < -0.39 is 0 Å². The molecule has 0 radical (unpaired) electrons. The van der Waals surface area contributed by atoms with Crippen LogP contribution < -0.4 is 10.6 Å². The van der Waals surface area contributed by atoms with Gasteiger partial charge in [0.2, 0.25) is 11.9 Å². The monoisotopic (exact) mass is 434 g/mol. The van der Waals surface area contributed by atoms with Crippen LogP contribution in [0.15, 0.2) is 24.3 Å². The van der Waals surface area contributed by atoms with E-state index in [1.807, 2.05) is 26.0 Å². The minimum Gasteiger partial charge on any atom is -0.341 e. The summed E-state index contributed by atoms with van der Waals surface area (Å²) in [6.07, 6.45) is 2.01. The van der Waals surface area contributed by atoms with E-state index in [-0.39, 0.29) is 30.1 Å². The first-order valence-corrected chi connectivity index (χ1v) is 10.1. The Morgan fingerprint density at radius 2 is 1.87 bits per heavy atom. The fourth-order valence-electron chi connectivity index (χ4n) is 3.49. The van der Waals surface area contributed by atoms with Crippen molar-refractivity contribution in [3.05, 3.63) is 41.2 Å². The highest BCUT2D eigenvalue weighted by atomic mass is 35.5. The number of hydrogen-bond acceptors (Lipinski definition) is 5. The second-order valence-electron chi connectivity index (χ2n) is 7.94. The van der Waals surface area contributed by atoms with Crippen LogP contribution in [0.4, 0.5) is 5.95 Å². The molecule has 0 unspecified atom stereocenters. The quantitative estimate of drug-likeness (QED) is 0.729. The van der Waals surface area contributed by atoms with E-state index >= 15 is 0 Å². The zero-order chi connectivity index (χ0) is 21.0. The number of halogens is 1. The molecule has 0 saturated carbocycles. The van der Waals surface area contributed by atoms with Gasteiger partial charge in [0.15, 0.2) is 5.82 Å². The van der Waals surface area contributed by atoms with Gasteiger partial charge in [-0.2, -0.15) is 10.1 Å². The molecule has 1 aromatic heterocycles. The summed E-state index contributed by atoms with van der Waals surface area (Å²) in [7, 11) is 3.58. The van der Waals surface area contributed by atoms with E-state index in [1.165, 1.54) is 0 Å². The smallest absolute Gasteiger partial charge is 0.258 e. The maximum atomic E-state index is 12.6. The van der Waals surface area contributed by atoms with Gasteiger partial charge in [0.25, 0.3) is 5.91 Å². The van der Waals surface area contributed by atoms with Crippen molar-refractivity contribution in [3.63, 3.8) is 0 Å². The van der Waals surface area contributed by atoms with Gasteiger partial charge in [-0.05, 0) is 43.6 Å². The molecule has 2 heterocycles. The van der Waals surface area contributed by atoms with E-state index in [2.05, 4.69) is 20.7 Å². The van der Waals surface area contributed by atoms with Crippen molar-refractivity contribution >= 4 is 30.2 Å². The summed E-state index contributed by atoms with van der Waals surface area (Å²) in [5.74, 6) is 1.41. The number of carbonyl (C=O) groups excluding carboxylic acids is 2. The van der Waals surface area contributed by atoms with Crippen LogP contribution in [0.2, 0.25) is 0 Å². The first-order valence-electron chi connectivity index (χ1n) is 10.1. The van der Waals surface area contributed by atoms with Crippen LogP contribution in [-0.4, -0.2) is 51.6 Å². The van der Waals surface area contributed by atoms with E-state index in [9.17, 15) is 9.59 Å². The average molecular weight is 435 g/mol. The lowest BCUT2D eigenvalue weighted by Gasteiger charge is -2.19. The maximum Gasteiger partial charge on any atom is 0.258 e. The van der Waals surface area contributed by atoms with Crippen molar-refractivity contribution in [1.82, 2.24) is 25.0 Å². The summed E-state index contributed by atoms with van der Waals surface area (Å²) in [6, 6.07) is 7.27. The number of aryl methyl sites for hydroxylation is 1. The molecule has 9 heteroatoms. The molecule has 2 aromatic rings. The van der Waals surface area contributed by atoms with Gasteiger partial charge in [0, 0.05) is 38.0 Å². The summed E-state index contributed by atoms with van der Waals surface area (Å²) in [5.41, 5.74) is 1.52. The summed E-state index contributed by atoms with van der Waals surface area (Å²) < 4.78 is 1.62. The molecule has 8 nitrogen and oxygen atoms in total. The summed E-state index contributed by atoms with van der Waals surface area (Å²) in [4.78, 5) is 30.9. The van der Waals surface area contributed by atoms with Crippen molar-refractivity contribution in [1.29, 1.82) is 0 Å². The van der Waals surface area contributed by atoms with Gasteiger partial charge in [0.1, 0.15) is 0 Å². The average Bonchev–Trinajstić information content (AvgIpc) is 3.08. The van der Waals surface area contributed by atoms with Crippen LogP contribution in [-0.2, 0) is 18.4 Å². The summed E-state index contributed by atoms with van der Waals surface area (Å²) in [6.45, 7) is 6.22. The zero-order valence-corrected chi connectivity index (χ0v) is 18.8. The summed E-state index contributed by atoms with van der Waals surface area (Å²) >= 11 is 0. The third-order valence-corrected chi connectivity index (χ3v) is 5.22. The molecule has 30 heavy (non-hydrogen) atoms. The van der Waals surface area contributed by atoms with Gasteiger partial charge in [-0.25, -0.2) is 4.68 Å². The first kappa shape index (κ1) is 23.8. The number of rotatable bonds is 6. The second-order valence-corrected chi connectivity index (χ2v) is 7.94. The molecule has 1 aliphatic heterocycles. The molecule has 1 aromatic carbocycles. The van der Waals surface area contributed by atoms with Gasteiger partial charge >= 0.3 is 0 Å². The molecule has 1 aliphatic rings. The number of amides is 2. The maximum absolute atomic E-state index is 12.6. The standard InChI is InChI=1S/C21H30N6O2.ClH/c1-14(2)20(29)26(3)13-15-5-7-17(8-6-15)19(28)24-21-23-18(25-27(21)4)16-9-11-22-12-10-16;/h5-8,14,16,22H,9-13H2,1-4H3,(H,23,24,25,28);1H. The minimum atomic E-state index is -0.226. The second kappa shape index (κ2) is 10.5. The largest absolute Gasteiger partial charge is 0.341 e. The third kappa shape index (κ3) is 5.79. The number of carbonyl (C=O) groups is 2. The number of benzene rings is 1. The molecule has 0 bridgehead atoms. The number of piperidine rings is 1. The molecular weight excluding hydrogens is 404 g/mol. The Bertz CT molecular complexity index is 859.